The molecule has 6 heteroatoms. The molecular weight excluding hydrogens is 320 g/mol. The van der Waals surface area contributed by atoms with Gasteiger partial charge in [0, 0.05) is 18.1 Å². The van der Waals surface area contributed by atoms with E-state index >= 15 is 0 Å². The van der Waals surface area contributed by atoms with Crippen LogP contribution in [-0.2, 0) is 9.53 Å². The van der Waals surface area contributed by atoms with Gasteiger partial charge in [-0.2, -0.15) is 0 Å². The van der Waals surface area contributed by atoms with Gasteiger partial charge in [-0.3, -0.25) is 20.4 Å². The third-order valence-corrected chi connectivity index (χ3v) is 4.85. The van der Waals surface area contributed by atoms with Crippen molar-refractivity contribution in [3.63, 3.8) is 0 Å². The lowest BCUT2D eigenvalue weighted by atomic mass is 9.89. The molecule has 1 aromatic rings. The van der Waals surface area contributed by atoms with E-state index in [1.165, 1.54) is 6.42 Å². The van der Waals surface area contributed by atoms with Gasteiger partial charge in [0.2, 0.25) is 5.91 Å². The van der Waals surface area contributed by atoms with Crippen LogP contribution >= 0.6 is 0 Å². The molecule has 1 aromatic carbocycles. The van der Waals surface area contributed by atoms with Gasteiger partial charge in [0.15, 0.2) is 0 Å². The summed E-state index contributed by atoms with van der Waals surface area (Å²) < 4.78 is 11.2. The van der Waals surface area contributed by atoms with Crippen molar-refractivity contribution in [3.8, 4) is 5.75 Å². The molecule has 0 spiro atoms. The molecule has 1 aliphatic heterocycles. The average Bonchev–Trinajstić information content (AvgIpc) is 3.19. The first-order valence-electron chi connectivity index (χ1n) is 9.17. The van der Waals surface area contributed by atoms with E-state index < -0.39 is 0 Å². The fourth-order valence-electron chi connectivity index (χ4n) is 3.32. The molecule has 2 amide bonds. The Labute approximate surface area is 148 Å². The van der Waals surface area contributed by atoms with Gasteiger partial charge in [0.05, 0.1) is 6.10 Å². The van der Waals surface area contributed by atoms with Crippen molar-refractivity contribution in [2.24, 2.45) is 5.92 Å². The standard InChI is InChI=1S/C19H26N2O4/c22-18(14-5-2-1-3-6-14)20-21-19(23)15-8-10-16(11-9-15)25-13-17-7-4-12-24-17/h8-11,14,17H,1-7,12-13H2,(H,20,22)(H,21,23)/t17-/m1/s1. The molecule has 1 heterocycles. The van der Waals surface area contributed by atoms with Crippen LogP contribution in [0.1, 0.15) is 55.3 Å². The van der Waals surface area contributed by atoms with Crippen LogP contribution in [0.15, 0.2) is 24.3 Å². The predicted octanol–water partition coefficient (Wildman–Crippen LogP) is 2.59. The van der Waals surface area contributed by atoms with Gasteiger partial charge in [-0.15, -0.1) is 0 Å². The average molecular weight is 346 g/mol. The number of ether oxygens (including phenoxy) is 2. The molecular formula is C19H26N2O4. The normalized spacial score (nSPS) is 20.9. The number of rotatable bonds is 5. The van der Waals surface area contributed by atoms with Crippen LogP contribution < -0.4 is 15.6 Å². The minimum Gasteiger partial charge on any atom is -0.491 e. The zero-order chi connectivity index (χ0) is 17.5. The molecule has 136 valence electrons. The van der Waals surface area contributed by atoms with Gasteiger partial charge in [0.25, 0.3) is 5.91 Å². The highest BCUT2D eigenvalue weighted by Crippen LogP contribution is 2.23. The molecule has 1 aliphatic carbocycles. The molecule has 0 aromatic heterocycles. The summed E-state index contributed by atoms with van der Waals surface area (Å²) in [6.07, 6.45) is 7.44. The number of carbonyl (C=O) groups excluding carboxylic acids is 2. The van der Waals surface area contributed by atoms with Crippen molar-refractivity contribution < 1.29 is 19.1 Å². The van der Waals surface area contributed by atoms with E-state index in [1.807, 2.05) is 0 Å². The fourth-order valence-corrected chi connectivity index (χ4v) is 3.32. The molecule has 0 radical (unpaired) electrons. The summed E-state index contributed by atoms with van der Waals surface area (Å²) in [7, 11) is 0. The first-order chi connectivity index (χ1) is 12.2. The molecule has 2 fully saturated rings. The largest absolute Gasteiger partial charge is 0.491 e. The number of hydrogen-bond donors (Lipinski definition) is 2. The lowest BCUT2D eigenvalue weighted by Gasteiger charge is -2.20. The topological polar surface area (TPSA) is 76.7 Å². The molecule has 2 aliphatic rings. The highest BCUT2D eigenvalue weighted by molar-refractivity contribution is 5.95. The first kappa shape index (κ1) is 17.7. The van der Waals surface area contributed by atoms with Crippen molar-refractivity contribution in [3.05, 3.63) is 29.8 Å². The van der Waals surface area contributed by atoms with Gasteiger partial charge in [-0.1, -0.05) is 19.3 Å². The van der Waals surface area contributed by atoms with Gasteiger partial charge in [0.1, 0.15) is 12.4 Å². The zero-order valence-electron chi connectivity index (χ0n) is 14.5. The Bertz CT molecular complexity index is 576. The van der Waals surface area contributed by atoms with E-state index in [0.717, 1.165) is 45.1 Å². The number of nitrogens with one attached hydrogen (secondary N) is 2. The van der Waals surface area contributed by atoms with Gasteiger partial charge < -0.3 is 9.47 Å². The molecule has 1 atom stereocenters. The van der Waals surface area contributed by atoms with Crippen LogP contribution in [0.25, 0.3) is 0 Å². The summed E-state index contributed by atoms with van der Waals surface area (Å²) in [5.41, 5.74) is 5.51. The minimum absolute atomic E-state index is 0.0163. The third kappa shape index (κ3) is 5.19. The molecule has 3 rings (SSSR count). The molecule has 6 nitrogen and oxygen atoms in total. The first-order valence-corrected chi connectivity index (χ1v) is 9.17. The second-order valence-electron chi connectivity index (χ2n) is 6.75. The lowest BCUT2D eigenvalue weighted by Crippen LogP contribution is -2.44. The van der Waals surface area contributed by atoms with Crippen LogP contribution in [0.3, 0.4) is 0 Å². The number of benzene rings is 1. The third-order valence-electron chi connectivity index (χ3n) is 4.85. The second-order valence-corrected chi connectivity index (χ2v) is 6.75. The number of amides is 2. The highest BCUT2D eigenvalue weighted by Gasteiger charge is 2.21. The zero-order valence-corrected chi connectivity index (χ0v) is 14.5. The molecule has 1 saturated carbocycles. The Morgan fingerprint density at radius 1 is 1.00 bits per heavy atom. The number of carbonyl (C=O) groups is 2. The maximum atomic E-state index is 12.1. The SMILES string of the molecule is O=C(NNC(=O)C1CCCCC1)c1ccc(OC[C@H]2CCCO2)cc1. The maximum absolute atomic E-state index is 12.1. The van der Waals surface area contributed by atoms with E-state index in [4.69, 9.17) is 9.47 Å². The summed E-state index contributed by atoms with van der Waals surface area (Å²) >= 11 is 0. The van der Waals surface area contributed by atoms with Crippen LogP contribution in [0, 0.1) is 5.92 Å². The van der Waals surface area contributed by atoms with Crippen molar-refractivity contribution in [2.45, 2.75) is 51.0 Å². The van der Waals surface area contributed by atoms with Crippen LogP contribution in [0.4, 0.5) is 0 Å². The number of hydrazine groups is 1. The predicted molar refractivity (Wildman–Crippen MR) is 93.1 cm³/mol. The Balaban J connectivity index is 1.42. The Morgan fingerprint density at radius 3 is 2.44 bits per heavy atom. The Morgan fingerprint density at radius 2 is 1.76 bits per heavy atom. The van der Waals surface area contributed by atoms with E-state index in [0.29, 0.717) is 17.9 Å². The minimum atomic E-state index is -0.324. The summed E-state index contributed by atoms with van der Waals surface area (Å²) in [6.45, 7) is 1.34. The van der Waals surface area contributed by atoms with Crippen molar-refractivity contribution in [1.29, 1.82) is 0 Å². The van der Waals surface area contributed by atoms with Gasteiger partial charge >= 0.3 is 0 Å². The summed E-state index contributed by atoms with van der Waals surface area (Å²) in [5.74, 6) is 0.306. The molecule has 0 unspecified atom stereocenters. The summed E-state index contributed by atoms with van der Waals surface area (Å²) in [4.78, 5) is 24.2. The van der Waals surface area contributed by atoms with Gasteiger partial charge in [-0.05, 0) is 49.9 Å². The Hall–Kier alpha value is -2.08. The van der Waals surface area contributed by atoms with Gasteiger partial charge in [-0.25, -0.2) is 0 Å². The monoisotopic (exact) mass is 346 g/mol. The van der Waals surface area contributed by atoms with Crippen molar-refractivity contribution >= 4 is 11.8 Å². The lowest BCUT2D eigenvalue weighted by molar-refractivity contribution is -0.126. The van der Waals surface area contributed by atoms with Crippen LogP contribution in [0.2, 0.25) is 0 Å². The molecule has 2 N–H and O–H groups in total. The fraction of sp³-hybridized carbons (Fsp3) is 0.579. The highest BCUT2D eigenvalue weighted by atomic mass is 16.5. The second kappa shape index (κ2) is 8.85. The van der Waals surface area contributed by atoms with Crippen molar-refractivity contribution in [2.75, 3.05) is 13.2 Å². The summed E-state index contributed by atoms with van der Waals surface area (Å²) in [5, 5.41) is 0. The van der Waals surface area contributed by atoms with E-state index in [2.05, 4.69) is 10.9 Å². The molecule has 1 saturated heterocycles. The van der Waals surface area contributed by atoms with Crippen molar-refractivity contribution in [1.82, 2.24) is 10.9 Å². The van der Waals surface area contributed by atoms with Crippen LogP contribution in [-0.4, -0.2) is 31.1 Å². The molecule has 0 bridgehead atoms. The summed E-state index contributed by atoms with van der Waals surface area (Å²) in [6, 6.07) is 6.89. The number of hydrogen-bond acceptors (Lipinski definition) is 4. The van der Waals surface area contributed by atoms with Crippen LogP contribution in [0.5, 0.6) is 5.75 Å². The van der Waals surface area contributed by atoms with E-state index in [1.54, 1.807) is 24.3 Å². The van der Waals surface area contributed by atoms with E-state index in [-0.39, 0.29) is 23.8 Å². The smallest absolute Gasteiger partial charge is 0.269 e. The maximum Gasteiger partial charge on any atom is 0.269 e. The van der Waals surface area contributed by atoms with E-state index in [9.17, 15) is 9.59 Å². The Kier molecular flexibility index (Phi) is 6.28. The molecule has 25 heavy (non-hydrogen) atoms. The quantitative estimate of drug-likeness (QED) is 0.804.